The molecule has 1 saturated heterocycles. The topological polar surface area (TPSA) is 67.2 Å². The van der Waals surface area contributed by atoms with Gasteiger partial charge in [0.05, 0.1) is 17.0 Å². The van der Waals surface area contributed by atoms with Crippen molar-refractivity contribution in [1.82, 2.24) is 25.1 Å². The van der Waals surface area contributed by atoms with Crippen LogP contribution in [0, 0.1) is 13.8 Å². The number of tetrazole rings is 1. The van der Waals surface area contributed by atoms with Crippen LogP contribution in [0.25, 0.3) is 5.69 Å². The van der Waals surface area contributed by atoms with Crippen molar-refractivity contribution in [2.75, 3.05) is 36.8 Å². The maximum Gasteiger partial charge on any atom is 0.416 e. The van der Waals surface area contributed by atoms with Crippen LogP contribution in [0.3, 0.4) is 0 Å². The summed E-state index contributed by atoms with van der Waals surface area (Å²) in [4.78, 5) is 16.3. The van der Waals surface area contributed by atoms with Crippen LogP contribution in [0.15, 0.2) is 47.6 Å². The van der Waals surface area contributed by atoms with Gasteiger partial charge in [0, 0.05) is 31.9 Å². The molecule has 174 valence electrons. The Labute approximate surface area is 193 Å². The molecule has 0 aliphatic carbocycles. The molecule has 2 aromatic carbocycles. The molecule has 0 bridgehead atoms. The summed E-state index contributed by atoms with van der Waals surface area (Å²) in [5.74, 6) is 0.119. The van der Waals surface area contributed by atoms with E-state index in [1.165, 1.54) is 17.8 Å². The predicted octanol–water partition coefficient (Wildman–Crippen LogP) is 3.74. The van der Waals surface area contributed by atoms with E-state index in [0.29, 0.717) is 37.0 Å². The lowest BCUT2D eigenvalue weighted by Crippen LogP contribution is -2.49. The molecule has 1 amide bonds. The van der Waals surface area contributed by atoms with Gasteiger partial charge in [-0.25, -0.2) is 0 Å². The van der Waals surface area contributed by atoms with Crippen LogP contribution in [0.1, 0.15) is 16.7 Å². The van der Waals surface area contributed by atoms with Gasteiger partial charge < -0.3 is 9.80 Å². The number of halogens is 3. The Hall–Kier alpha value is -3.08. The lowest BCUT2D eigenvalue weighted by molar-refractivity contribution is -0.137. The largest absolute Gasteiger partial charge is 0.416 e. The van der Waals surface area contributed by atoms with Gasteiger partial charge in [0.1, 0.15) is 0 Å². The van der Waals surface area contributed by atoms with Crippen molar-refractivity contribution in [3.05, 3.63) is 59.2 Å². The van der Waals surface area contributed by atoms with E-state index < -0.39 is 11.7 Å². The summed E-state index contributed by atoms with van der Waals surface area (Å²) in [6, 6.07) is 11.2. The fourth-order valence-corrected chi connectivity index (χ4v) is 4.48. The quantitative estimate of drug-likeness (QED) is 0.523. The smallest absolute Gasteiger partial charge is 0.368 e. The molecule has 3 aromatic rings. The lowest BCUT2D eigenvalue weighted by atomic mass is 10.1. The van der Waals surface area contributed by atoms with Crippen molar-refractivity contribution in [2.24, 2.45) is 0 Å². The second-order valence-electron chi connectivity index (χ2n) is 7.80. The van der Waals surface area contributed by atoms with E-state index >= 15 is 0 Å². The monoisotopic (exact) mass is 476 g/mol. The maximum atomic E-state index is 13.0. The Kier molecular flexibility index (Phi) is 6.59. The van der Waals surface area contributed by atoms with Gasteiger partial charge in [0.25, 0.3) is 0 Å². The minimum atomic E-state index is -4.38. The molecule has 1 aliphatic heterocycles. The van der Waals surface area contributed by atoms with E-state index in [2.05, 4.69) is 15.5 Å². The highest BCUT2D eigenvalue weighted by atomic mass is 32.2. The van der Waals surface area contributed by atoms with Gasteiger partial charge in [0.2, 0.25) is 11.1 Å². The van der Waals surface area contributed by atoms with Gasteiger partial charge in [-0.2, -0.15) is 17.9 Å². The molecule has 0 atom stereocenters. The number of rotatable bonds is 5. The van der Waals surface area contributed by atoms with Crippen molar-refractivity contribution in [1.29, 1.82) is 0 Å². The number of benzene rings is 2. The molecule has 2 heterocycles. The molecular weight excluding hydrogens is 453 g/mol. The zero-order valence-electron chi connectivity index (χ0n) is 18.2. The standard InChI is InChI=1S/C22H23F3N6OS/c1-15-5-3-8-19(16(15)2)31-21(26-27-28-31)33-14-20(32)30-11-9-29(10-12-30)18-7-4-6-17(13-18)22(23,24)25/h3-8,13H,9-12,14H2,1-2H3. The van der Waals surface area contributed by atoms with Crippen molar-refractivity contribution < 1.29 is 18.0 Å². The molecule has 1 aromatic heterocycles. The molecule has 0 N–H and O–H groups in total. The number of alkyl halides is 3. The van der Waals surface area contributed by atoms with Crippen LogP contribution in [-0.2, 0) is 11.0 Å². The van der Waals surface area contributed by atoms with Crippen LogP contribution in [0.4, 0.5) is 18.9 Å². The predicted molar refractivity (Wildman–Crippen MR) is 120 cm³/mol. The Morgan fingerprint density at radius 2 is 1.79 bits per heavy atom. The highest BCUT2D eigenvalue weighted by Crippen LogP contribution is 2.32. The van der Waals surface area contributed by atoms with E-state index in [0.717, 1.165) is 28.9 Å². The Balaban J connectivity index is 1.35. The highest BCUT2D eigenvalue weighted by molar-refractivity contribution is 7.99. The second-order valence-corrected chi connectivity index (χ2v) is 8.74. The number of aryl methyl sites for hydroxylation is 1. The van der Waals surface area contributed by atoms with E-state index in [1.807, 2.05) is 36.9 Å². The lowest BCUT2D eigenvalue weighted by Gasteiger charge is -2.36. The van der Waals surface area contributed by atoms with Gasteiger partial charge in [0.15, 0.2) is 0 Å². The molecular formula is C22H23F3N6OS. The van der Waals surface area contributed by atoms with Crippen molar-refractivity contribution >= 4 is 23.4 Å². The van der Waals surface area contributed by atoms with Crippen LogP contribution < -0.4 is 4.90 Å². The van der Waals surface area contributed by atoms with Crippen molar-refractivity contribution in [3.63, 3.8) is 0 Å². The second kappa shape index (κ2) is 9.42. The Bertz CT molecular complexity index is 1140. The first-order valence-electron chi connectivity index (χ1n) is 10.4. The van der Waals surface area contributed by atoms with Crippen molar-refractivity contribution in [2.45, 2.75) is 25.2 Å². The summed E-state index contributed by atoms with van der Waals surface area (Å²) in [5, 5.41) is 12.4. The molecule has 0 spiro atoms. The number of anilines is 1. The van der Waals surface area contributed by atoms with E-state index in [9.17, 15) is 18.0 Å². The van der Waals surface area contributed by atoms with Gasteiger partial charge in [-0.05, 0) is 59.7 Å². The summed E-state index contributed by atoms with van der Waals surface area (Å²) < 4.78 is 40.6. The zero-order valence-corrected chi connectivity index (χ0v) is 19.0. The fraction of sp³-hybridized carbons (Fsp3) is 0.364. The summed E-state index contributed by atoms with van der Waals surface area (Å²) in [6.07, 6.45) is -4.38. The van der Waals surface area contributed by atoms with E-state index in [-0.39, 0.29) is 11.7 Å². The molecule has 11 heteroatoms. The first-order chi connectivity index (χ1) is 15.7. The first-order valence-corrected chi connectivity index (χ1v) is 11.4. The van der Waals surface area contributed by atoms with Gasteiger partial charge >= 0.3 is 6.18 Å². The number of amides is 1. The number of carbonyl (C=O) groups is 1. The molecule has 0 saturated carbocycles. The van der Waals surface area contributed by atoms with Crippen LogP contribution in [-0.4, -0.2) is 62.9 Å². The highest BCUT2D eigenvalue weighted by Gasteiger charge is 2.31. The number of carbonyl (C=O) groups excluding carboxylic acids is 1. The minimum Gasteiger partial charge on any atom is -0.368 e. The number of hydrogen-bond donors (Lipinski definition) is 0. The molecule has 7 nitrogen and oxygen atoms in total. The van der Waals surface area contributed by atoms with E-state index in [4.69, 9.17) is 0 Å². The number of piperazine rings is 1. The van der Waals surface area contributed by atoms with Crippen molar-refractivity contribution in [3.8, 4) is 5.69 Å². The molecule has 4 rings (SSSR count). The van der Waals surface area contributed by atoms with Crippen LogP contribution >= 0.6 is 11.8 Å². The number of nitrogens with zero attached hydrogens (tertiary/aromatic N) is 6. The van der Waals surface area contributed by atoms with E-state index in [1.54, 1.807) is 15.6 Å². The average molecular weight is 477 g/mol. The third-order valence-electron chi connectivity index (χ3n) is 5.74. The van der Waals surface area contributed by atoms with Crippen LogP contribution in [0.5, 0.6) is 0 Å². The molecule has 0 radical (unpaired) electrons. The zero-order chi connectivity index (χ0) is 23.6. The average Bonchev–Trinajstić information content (AvgIpc) is 3.27. The normalized spacial score (nSPS) is 14.6. The fourth-order valence-electron chi connectivity index (χ4n) is 3.70. The van der Waals surface area contributed by atoms with Gasteiger partial charge in [-0.15, -0.1) is 5.10 Å². The molecule has 0 unspecified atom stereocenters. The molecule has 1 fully saturated rings. The summed E-state index contributed by atoms with van der Waals surface area (Å²) in [5.41, 5.74) is 2.89. The molecule has 33 heavy (non-hydrogen) atoms. The Morgan fingerprint density at radius 3 is 2.52 bits per heavy atom. The number of aromatic nitrogens is 4. The summed E-state index contributed by atoms with van der Waals surface area (Å²) in [7, 11) is 0. The first kappa shape index (κ1) is 23.1. The van der Waals surface area contributed by atoms with Crippen LogP contribution in [0.2, 0.25) is 0 Å². The summed E-state index contributed by atoms with van der Waals surface area (Å²) in [6.45, 7) is 5.83. The summed E-state index contributed by atoms with van der Waals surface area (Å²) >= 11 is 1.26. The SMILES string of the molecule is Cc1cccc(-n2nnnc2SCC(=O)N2CCN(c3cccc(C(F)(F)F)c3)CC2)c1C. The molecule has 1 aliphatic rings. The van der Waals surface area contributed by atoms with Gasteiger partial charge in [-0.3, -0.25) is 4.79 Å². The third-order valence-corrected chi connectivity index (χ3v) is 6.64. The Morgan fingerprint density at radius 1 is 1.06 bits per heavy atom. The van der Waals surface area contributed by atoms with Gasteiger partial charge in [-0.1, -0.05) is 30.0 Å². The maximum absolute atomic E-state index is 13.0. The minimum absolute atomic E-state index is 0.0563. The number of hydrogen-bond acceptors (Lipinski definition) is 6. The third kappa shape index (κ3) is 5.13. The number of thioether (sulfide) groups is 1.